The largest absolute Gasteiger partial charge is 0.469 e. The zero-order valence-corrected chi connectivity index (χ0v) is 12.2. The van der Waals surface area contributed by atoms with E-state index in [1.54, 1.807) is 12.1 Å². The molecule has 4 nitrogen and oxygen atoms in total. The Morgan fingerprint density at radius 3 is 3.10 bits per heavy atom. The zero-order chi connectivity index (χ0) is 14.5. The van der Waals surface area contributed by atoms with Crippen LogP contribution in [0.2, 0.25) is 5.02 Å². The zero-order valence-electron chi connectivity index (χ0n) is 10.7. The van der Waals surface area contributed by atoms with Gasteiger partial charge in [-0.05, 0) is 12.1 Å². The van der Waals surface area contributed by atoms with Crippen molar-refractivity contribution in [2.75, 3.05) is 12.4 Å². The number of rotatable bonds is 5. The Morgan fingerprint density at radius 1 is 1.55 bits per heavy atom. The smallest absolute Gasteiger partial charge is 0.305 e. The molecule has 0 unspecified atom stereocenters. The van der Waals surface area contributed by atoms with Crippen LogP contribution in [0, 0.1) is 5.82 Å². The fourth-order valence-electron chi connectivity index (χ4n) is 1.53. The molecular weight excluding hydrogens is 303 g/mol. The Kier molecular flexibility index (Phi) is 4.92. The van der Waals surface area contributed by atoms with E-state index in [9.17, 15) is 9.18 Å². The number of esters is 1. The molecule has 1 aromatic heterocycles. The van der Waals surface area contributed by atoms with Crippen LogP contribution in [0.1, 0.15) is 12.1 Å². The minimum absolute atomic E-state index is 0.0532. The second kappa shape index (κ2) is 6.67. The lowest BCUT2D eigenvalue weighted by molar-refractivity contribution is -0.140. The third-order valence-corrected chi connectivity index (χ3v) is 3.66. The molecule has 2 aromatic rings. The van der Waals surface area contributed by atoms with Gasteiger partial charge < -0.3 is 10.1 Å². The first-order chi connectivity index (χ1) is 9.60. The Labute approximate surface area is 124 Å². The molecule has 20 heavy (non-hydrogen) atoms. The summed E-state index contributed by atoms with van der Waals surface area (Å²) in [6.07, 6.45) is 0.758. The highest BCUT2D eigenvalue weighted by Gasteiger charge is 2.09. The van der Waals surface area contributed by atoms with Crippen molar-refractivity contribution in [2.24, 2.45) is 0 Å². The highest BCUT2D eigenvalue weighted by atomic mass is 35.5. The maximum atomic E-state index is 13.7. The van der Waals surface area contributed by atoms with Gasteiger partial charge in [0.2, 0.25) is 0 Å². The summed E-state index contributed by atoms with van der Waals surface area (Å²) in [5.41, 5.74) is 1.02. The number of hydrogen-bond acceptors (Lipinski definition) is 5. The molecule has 0 aliphatic carbocycles. The minimum Gasteiger partial charge on any atom is -0.469 e. The van der Waals surface area contributed by atoms with E-state index >= 15 is 0 Å². The van der Waals surface area contributed by atoms with Crippen LogP contribution in [0.15, 0.2) is 23.6 Å². The molecule has 0 aliphatic rings. The topological polar surface area (TPSA) is 51.2 Å². The fourth-order valence-corrected chi connectivity index (χ4v) is 2.46. The Bertz CT molecular complexity index is 618. The molecule has 1 N–H and O–H groups in total. The maximum Gasteiger partial charge on any atom is 0.305 e. The Morgan fingerprint density at radius 2 is 2.35 bits per heavy atom. The van der Waals surface area contributed by atoms with E-state index in [1.165, 1.54) is 24.5 Å². The molecule has 0 saturated heterocycles. The first-order valence-electron chi connectivity index (χ1n) is 5.82. The predicted octanol–water partition coefficient (Wildman–Crippen LogP) is 3.78. The summed E-state index contributed by atoms with van der Waals surface area (Å²) in [4.78, 5) is 15.3. The van der Waals surface area contributed by atoms with Crippen LogP contribution >= 0.6 is 22.9 Å². The third-order valence-electron chi connectivity index (χ3n) is 2.56. The van der Waals surface area contributed by atoms with Crippen LogP contribution in [-0.4, -0.2) is 18.1 Å². The molecule has 0 saturated carbocycles. The maximum absolute atomic E-state index is 13.7. The summed E-state index contributed by atoms with van der Waals surface area (Å²) >= 11 is 7.04. The van der Waals surface area contributed by atoms with Crippen LogP contribution in [-0.2, 0) is 16.0 Å². The van der Waals surface area contributed by atoms with Gasteiger partial charge in [0, 0.05) is 11.8 Å². The molecule has 0 bridgehead atoms. The molecule has 0 fully saturated rings. The van der Waals surface area contributed by atoms with Gasteiger partial charge in [-0.2, -0.15) is 0 Å². The quantitative estimate of drug-likeness (QED) is 0.853. The predicted molar refractivity (Wildman–Crippen MR) is 77.1 cm³/mol. The number of nitrogens with one attached hydrogen (secondary N) is 1. The normalized spacial score (nSPS) is 10.3. The highest BCUT2D eigenvalue weighted by molar-refractivity contribution is 7.13. The van der Waals surface area contributed by atoms with E-state index in [-0.39, 0.29) is 23.1 Å². The van der Waals surface area contributed by atoms with Gasteiger partial charge in [0.25, 0.3) is 0 Å². The van der Waals surface area contributed by atoms with Gasteiger partial charge in [0.1, 0.15) is 0 Å². The Hall–Kier alpha value is -1.66. The van der Waals surface area contributed by atoms with Crippen molar-refractivity contribution >= 4 is 39.7 Å². The third kappa shape index (κ3) is 3.68. The molecule has 7 heteroatoms. The minimum atomic E-state index is -0.513. The molecular formula is C13H12ClFN2O2S. The molecule has 0 spiro atoms. The summed E-state index contributed by atoms with van der Waals surface area (Å²) < 4.78 is 18.3. The van der Waals surface area contributed by atoms with Crippen LogP contribution in [0.4, 0.5) is 15.2 Å². The lowest BCUT2D eigenvalue weighted by atomic mass is 10.2. The number of benzene rings is 1. The first kappa shape index (κ1) is 14.7. The summed E-state index contributed by atoms with van der Waals surface area (Å²) in [6, 6.07) is 4.71. The van der Waals surface area contributed by atoms with E-state index in [4.69, 9.17) is 11.6 Å². The molecule has 2 rings (SSSR count). The Balaban J connectivity index is 2.02. The van der Waals surface area contributed by atoms with Crippen molar-refractivity contribution in [1.29, 1.82) is 0 Å². The van der Waals surface area contributed by atoms with E-state index in [2.05, 4.69) is 15.0 Å². The number of anilines is 2. The van der Waals surface area contributed by atoms with Crippen LogP contribution in [0.25, 0.3) is 0 Å². The van der Waals surface area contributed by atoms with E-state index in [0.717, 1.165) is 5.69 Å². The summed E-state index contributed by atoms with van der Waals surface area (Å²) in [5.74, 6) is -0.797. The summed E-state index contributed by atoms with van der Waals surface area (Å²) in [5, 5.41) is 5.28. The number of carbonyl (C=O) groups is 1. The van der Waals surface area contributed by atoms with Gasteiger partial charge in [0.15, 0.2) is 10.9 Å². The summed E-state index contributed by atoms with van der Waals surface area (Å²) in [6.45, 7) is 0. The van der Waals surface area contributed by atoms with Gasteiger partial charge in [-0.25, -0.2) is 9.37 Å². The molecule has 0 atom stereocenters. The average Bonchev–Trinajstić information content (AvgIpc) is 2.89. The molecule has 0 aliphatic heterocycles. The van der Waals surface area contributed by atoms with Crippen LogP contribution in [0.3, 0.4) is 0 Å². The van der Waals surface area contributed by atoms with Crippen LogP contribution < -0.4 is 5.32 Å². The second-order valence-corrected chi connectivity index (χ2v) is 5.21. The van der Waals surface area contributed by atoms with Crippen LogP contribution in [0.5, 0.6) is 0 Å². The number of carbonyl (C=O) groups excluding carboxylic acids is 1. The number of ether oxygens (including phenoxy) is 1. The SMILES string of the molecule is COC(=O)CCc1csc(Nc2cccc(Cl)c2F)n1. The number of hydrogen-bond donors (Lipinski definition) is 1. The van der Waals surface area contributed by atoms with Crippen molar-refractivity contribution < 1.29 is 13.9 Å². The molecule has 0 amide bonds. The number of aryl methyl sites for hydroxylation is 1. The summed E-state index contributed by atoms with van der Waals surface area (Å²) in [7, 11) is 1.35. The van der Waals surface area contributed by atoms with Crippen molar-refractivity contribution in [3.63, 3.8) is 0 Å². The monoisotopic (exact) mass is 314 g/mol. The van der Waals surface area contributed by atoms with Gasteiger partial charge in [-0.15, -0.1) is 11.3 Å². The average molecular weight is 315 g/mol. The van der Waals surface area contributed by atoms with E-state index in [1.807, 2.05) is 5.38 Å². The van der Waals surface area contributed by atoms with Gasteiger partial charge in [-0.3, -0.25) is 4.79 Å². The molecule has 0 radical (unpaired) electrons. The number of thiazole rings is 1. The van der Waals surface area contributed by atoms with Crippen molar-refractivity contribution in [1.82, 2.24) is 4.98 Å². The highest BCUT2D eigenvalue weighted by Crippen LogP contribution is 2.27. The standard InChI is InChI=1S/C13H12ClFN2O2S/c1-19-11(18)6-5-8-7-20-13(16-8)17-10-4-2-3-9(14)12(10)15/h2-4,7H,5-6H2,1H3,(H,16,17). The van der Waals surface area contributed by atoms with Gasteiger partial charge >= 0.3 is 5.97 Å². The fraction of sp³-hybridized carbons (Fsp3) is 0.231. The van der Waals surface area contributed by atoms with Crippen molar-refractivity contribution in [3.8, 4) is 0 Å². The van der Waals surface area contributed by atoms with E-state index < -0.39 is 5.82 Å². The molecule has 1 aromatic carbocycles. The first-order valence-corrected chi connectivity index (χ1v) is 7.08. The molecule has 1 heterocycles. The van der Waals surface area contributed by atoms with Crippen molar-refractivity contribution in [3.05, 3.63) is 40.1 Å². The molecule has 106 valence electrons. The van der Waals surface area contributed by atoms with Crippen molar-refractivity contribution in [2.45, 2.75) is 12.8 Å². The number of methoxy groups -OCH3 is 1. The second-order valence-electron chi connectivity index (χ2n) is 3.95. The van der Waals surface area contributed by atoms with Gasteiger partial charge in [-0.1, -0.05) is 17.7 Å². The lowest BCUT2D eigenvalue weighted by Crippen LogP contribution is -2.02. The van der Waals surface area contributed by atoms with Gasteiger partial charge in [0.05, 0.1) is 29.9 Å². The number of nitrogens with zero attached hydrogens (tertiary/aromatic N) is 1. The van der Waals surface area contributed by atoms with E-state index in [0.29, 0.717) is 11.6 Å². The number of aromatic nitrogens is 1. The number of halogens is 2. The lowest BCUT2D eigenvalue weighted by Gasteiger charge is -2.04.